The first-order chi connectivity index (χ1) is 13.3. The second kappa shape index (κ2) is 6.87. The molecule has 2 aromatic heterocycles. The molecular formula is C21H14ClF3N2O. The van der Waals surface area contributed by atoms with Crippen LogP contribution in [0.2, 0.25) is 5.02 Å². The maximum absolute atomic E-state index is 13.0. The summed E-state index contributed by atoms with van der Waals surface area (Å²) in [4.78, 5) is 7.73. The number of rotatable bonds is 3. The lowest BCUT2D eigenvalue weighted by atomic mass is 10.1. The van der Waals surface area contributed by atoms with Crippen LogP contribution in [0.5, 0.6) is 0 Å². The highest BCUT2D eigenvalue weighted by Gasteiger charge is 2.31. The van der Waals surface area contributed by atoms with Gasteiger partial charge in [0.15, 0.2) is 11.6 Å². The number of benzene rings is 2. The number of imidazole rings is 1. The van der Waals surface area contributed by atoms with Crippen molar-refractivity contribution >= 4 is 11.6 Å². The molecule has 0 aliphatic rings. The number of furan rings is 1. The van der Waals surface area contributed by atoms with Crippen molar-refractivity contribution in [1.29, 1.82) is 0 Å². The predicted molar refractivity (Wildman–Crippen MR) is 102 cm³/mol. The quantitative estimate of drug-likeness (QED) is 0.401. The van der Waals surface area contributed by atoms with Crippen LogP contribution < -0.4 is 0 Å². The molecule has 28 heavy (non-hydrogen) atoms. The lowest BCUT2D eigenvalue weighted by Gasteiger charge is -2.09. The number of aryl methyl sites for hydroxylation is 1. The second-order valence-electron chi connectivity index (χ2n) is 6.28. The molecule has 2 aromatic carbocycles. The maximum atomic E-state index is 13.0. The van der Waals surface area contributed by atoms with Crippen molar-refractivity contribution in [3.8, 4) is 34.2 Å². The zero-order chi connectivity index (χ0) is 19.9. The lowest BCUT2D eigenvalue weighted by molar-refractivity contribution is -0.137. The Labute approximate surface area is 163 Å². The van der Waals surface area contributed by atoms with Gasteiger partial charge in [0, 0.05) is 16.8 Å². The summed E-state index contributed by atoms with van der Waals surface area (Å²) in [6, 6.07) is 16.0. The van der Waals surface area contributed by atoms with Gasteiger partial charge >= 0.3 is 6.18 Å². The summed E-state index contributed by atoms with van der Waals surface area (Å²) in [5, 5.41) is 0.175. The predicted octanol–water partition coefficient (Wildman–Crippen LogP) is 6.98. The molecule has 0 bridgehead atoms. The van der Waals surface area contributed by atoms with Crippen LogP contribution in [0.1, 0.15) is 11.3 Å². The van der Waals surface area contributed by atoms with E-state index in [2.05, 4.69) is 9.97 Å². The van der Waals surface area contributed by atoms with Crippen molar-refractivity contribution in [2.75, 3.05) is 0 Å². The minimum absolute atomic E-state index is 0.175. The van der Waals surface area contributed by atoms with Crippen molar-refractivity contribution in [2.45, 2.75) is 13.1 Å². The third kappa shape index (κ3) is 3.43. The monoisotopic (exact) mass is 402 g/mol. The van der Waals surface area contributed by atoms with E-state index >= 15 is 0 Å². The third-order valence-corrected chi connectivity index (χ3v) is 4.66. The Morgan fingerprint density at radius 1 is 0.964 bits per heavy atom. The van der Waals surface area contributed by atoms with Gasteiger partial charge in [-0.25, -0.2) is 4.98 Å². The topological polar surface area (TPSA) is 41.8 Å². The number of alkyl halides is 3. The molecule has 0 fully saturated rings. The van der Waals surface area contributed by atoms with Crippen molar-refractivity contribution in [2.24, 2.45) is 0 Å². The van der Waals surface area contributed by atoms with E-state index in [1.54, 1.807) is 12.1 Å². The van der Waals surface area contributed by atoms with Crippen LogP contribution in [-0.2, 0) is 6.18 Å². The van der Waals surface area contributed by atoms with Gasteiger partial charge in [-0.15, -0.1) is 0 Å². The first kappa shape index (κ1) is 18.4. The molecule has 3 nitrogen and oxygen atoms in total. The molecule has 0 aliphatic carbocycles. The number of aromatic nitrogens is 2. The number of hydrogen-bond donors (Lipinski definition) is 1. The van der Waals surface area contributed by atoms with E-state index in [1.807, 2.05) is 37.3 Å². The van der Waals surface area contributed by atoms with Crippen LogP contribution in [0.15, 0.2) is 65.1 Å². The zero-order valence-electron chi connectivity index (χ0n) is 14.6. The molecule has 7 heteroatoms. The van der Waals surface area contributed by atoms with Gasteiger partial charge in [-0.05, 0) is 37.3 Å². The summed E-state index contributed by atoms with van der Waals surface area (Å²) in [5.41, 5.74) is 1.98. The van der Waals surface area contributed by atoms with Crippen LogP contribution in [0.3, 0.4) is 0 Å². The summed E-state index contributed by atoms with van der Waals surface area (Å²) in [7, 11) is 0. The average molecular weight is 403 g/mol. The van der Waals surface area contributed by atoms with Crippen LogP contribution in [0.4, 0.5) is 13.2 Å². The number of hydrogen-bond acceptors (Lipinski definition) is 2. The van der Waals surface area contributed by atoms with Crippen molar-refractivity contribution in [3.63, 3.8) is 0 Å². The summed E-state index contributed by atoms with van der Waals surface area (Å²) < 4.78 is 44.8. The fourth-order valence-electron chi connectivity index (χ4n) is 2.95. The highest BCUT2D eigenvalue weighted by molar-refractivity contribution is 6.33. The molecule has 0 spiro atoms. The standard InChI is InChI=1S/C21H14ClF3N2O/c1-12-19(13-5-3-2-4-6-13)27-20(26-12)18-10-9-17(28-18)15-11-14(21(23,24)25)7-8-16(15)22/h2-11H,1H3,(H,26,27). The highest BCUT2D eigenvalue weighted by Crippen LogP contribution is 2.37. The van der Waals surface area contributed by atoms with Crippen molar-refractivity contribution in [1.82, 2.24) is 9.97 Å². The first-order valence-corrected chi connectivity index (χ1v) is 8.80. The fourth-order valence-corrected chi connectivity index (χ4v) is 3.17. The number of nitrogens with zero attached hydrogens (tertiary/aromatic N) is 1. The SMILES string of the molecule is Cc1[nH]c(-c2ccc(-c3cc(C(F)(F)F)ccc3Cl)o2)nc1-c1ccccc1. The van der Waals surface area contributed by atoms with Gasteiger partial charge < -0.3 is 9.40 Å². The van der Waals surface area contributed by atoms with E-state index in [1.165, 1.54) is 6.07 Å². The summed E-state index contributed by atoms with van der Waals surface area (Å²) >= 11 is 6.09. The summed E-state index contributed by atoms with van der Waals surface area (Å²) in [6.07, 6.45) is -4.46. The van der Waals surface area contributed by atoms with Gasteiger partial charge in [-0.2, -0.15) is 13.2 Å². The highest BCUT2D eigenvalue weighted by atomic mass is 35.5. The molecule has 142 valence electrons. The van der Waals surface area contributed by atoms with Crippen LogP contribution in [0.25, 0.3) is 34.2 Å². The smallest absolute Gasteiger partial charge is 0.416 e. The molecule has 0 saturated carbocycles. The lowest BCUT2D eigenvalue weighted by Crippen LogP contribution is -2.04. The number of aromatic amines is 1. The maximum Gasteiger partial charge on any atom is 0.416 e. The molecule has 0 saturated heterocycles. The fraction of sp³-hybridized carbons (Fsp3) is 0.0952. The molecule has 2 heterocycles. The van der Waals surface area contributed by atoms with Gasteiger partial charge in [-0.1, -0.05) is 41.9 Å². The molecule has 0 aliphatic heterocycles. The second-order valence-corrected chi connectivity index (χ2v) is 6.69. The van der Waals surface area contributed by atoms with Gasteiger partial charge in [0.2, 0.25) is 0 Å². The normalized spacial score (nSPS) is 11.8. The van der Waals surface area contributed by atoms with Gasteiger partial charge in [0.1, 0.15) is 5.76 Å². The first-order valence-electron chi connectivity index (χ1n) is 8.42. The molecular weight excluding hydrogens is 389 g/mol. The Morgan fingerprint density at radius 3 is 2.39 bits per heavy atom. The summed E-state index contributed by atoms with van der Waals surface area (Å²) in [6.45, 7) is 1.90. The third-order valence-electron chi connectivity index (χ3n) is 4.33. The van der Waals surface area contributed by atoms with Crippen LogP contribution >= 0.6 is 11.6 Å². The Bertz CT molecular complexity index is 1130. The largest absolute Gasteiger partial charge is 0.453 e. The van der Waals surface area contributed by atoms with Crippen LogP contribution in [-0.4, -0.2) is 9.97 Å². The number of H-pyrrole nitrogens is 1. The molecule has 0 atom stereocenters. The van der Waals surface area contributed by atoms with Gasteiger partial charge in [-0.3, -0.25) is 0 Å². The van der Waals surface area contributed by atoms with E-state index in [0.29, 0.717) is 11.6 Å². The Hall–Kier alpha value is -2.99. The number of nitrogens with one attached hydrogen (secondary N) is 1. The molecule has 4 rings (SSSR count). The Morgan fingerprint density at radius 2 is 1.68 bits per heavy atom. The minimum Gasteiger partial charge on any atom is -0.453 e. The van der Waals surface area contributed by atoms with E-state index < -0.39 is 11.7 Å². The molecule has 4 aromatic rings. The van der Waals surface area contributed by atoms with Gasteiger partial charge in [0.25, 0.3) is 0 Å². The van der Waals surface area contributed by atoms with Gasteiger partial charge in [0.05, 0.1) is 16.3 Å². The van der Waals surface area contributed by atoms with E-state index in [0.717, 1.165) is 29.1 Å². The van der Waals surface area contributed by atoms with E-state index in [4.69, 9.17) is 16.0 Å². The summed E-state index contributed by atoms with van der Waals surface area (Å²) in [5.74, 6) is 1.14. The van der Waals surface area contributed by atoms with Crippen LogP contribution in [0, 0.1) is 6.92 Å². The van der Waals surface area contributed by atoms with E-state index in [9.17, 15) is 13.2 Å². The average Bonchev–Trinajstić information content (AvgIpc) is 3.29. The Balaban J connectivity index is 1.72. The van der Waals surface area contributed by atoms with Crippen molar-refractivity contribution in [3.05, 3.63) is 76.9 Å². The number of halogens is 4. The Kier molecular flexibility index (Phi) is 4.51. The van der Waals surface area contributed by atoms with E-state index in [-0.39, 0.29) is 16.3 Å². The molecule has 0 radical (unpaired) electrons. The van der Waals surface area contributed by atoms with Crippen molar-refractivity contribution < 1.29 is 17.6 Å². The molecule has 1 N–H and O–H groups in total. The molecule has 0 unspecified atom stereocenters. The zero-order valence-corrected chi connectivity index (χ0v) is 15.4. The molecule has 0 amide bonds. The minimum atomic E-state index is -4.46.